The minimum absolute atomic E-state index is 0.0190. The number of allylic oxidation sites excluding steroid dienone is 1. The zero-order valence-corrected chi connectivity index (χ0v) is 12.4. The van der Waals surface area contributed by atoms with Gasteiger partial charge in [-0.2, -0.15) is 0 Å². The van der Waals surface area contributed by atoms with Crippen molar-refractivity contribution in [2.45, 2.75) is 59.6 Å². The predicted molar refractivity (Wildman–Crippen MR) is 69.4 cm³/mol. The fourth-order valence-corrected chi connectivity index (χ4v) is 3.07. The molecular formula is C14H27NO. The molecule has 0 bridgehead atoms. The number of ether oxygens (including phenoxy) is 1. The fraction of sp³-hybridized carbons (Fsp3) is 0.857. The van der Waals surface area contributed by atoms with E-state index in [1.54, 1.807) is 0 Å². The first-order valence-corrected chi connectivity index (χ1v) is 6.01. The van der Waals surface area contributed by atoms with Crippen molar-refractivity contribution < 1.29 is 4.74 Å². The number of hydrogen-bond acceptors (Lipinski definition) is 2. The average Bonchev–Trinajstić information content (AvgIpc) is 2.22. The topological polar surface area (TPSA) is 12.5 Å². The molecule has 1 aliphatic heterocycles. The molecule has 1 aliphatic rings. The second-order valence-electron chi connectivity index (χ2n) is 6.19. The molecule has 0 aromatic carbocycles. The first-order chi connectivity index (χ1) is 7.04. The van der Waals surface area contributed by atoms with Gasteiger partial charge in [0.05, 0.1) is 11.1 Å². The van der Waals surface area contributed by atoms with Crippen molar-refractivity contribution in [2.24, 2.45) is 5.41 Å². The Hall–Kier alpha value is -0.500. The lowest BCUT2D eigenvalue weighted by atomic mass is 9.59. The predicted octanol–water partition coefficient (Wildman–Crippen LogP) is 3.44. The maximum atomic E-state index is 5.92. The van der Waals surface area contributed by atoms with Gasteiger partial charge in [-0.25, -0.2) is 0 Å². The van der Waals surface area contributed by atoms with Gasteiger partial charge in [0.15, 0.2) is 0 Å². The van der Waals surface area contributed by atoms with Crippen LogP contribution in [0.15, 0.2) is 11.3 Å². The summed E-state index contributed by atoms with van der Waals surface area (Å²) in [4.78, 5) is 2.34. The van der Waals surface area contributed by atoms with Crippen molar-refractivity contribution in [2.75, 3.05) is 14.2 Å². The average molecular weight is 225 g/mol. The number of rotatable bonds is 1. The van der Waals surface area contributed by atoms with Crippen LogP contribution in [0.1, 0.15) is 48.5 Å². The Morgan fingerprint density at radius 3 is 1.81 bits per heavy atom. The molecule has 16 heavy (non-hydrogen) atoms. The van der Waals surface area contributed by atoms with Crippen molar-refractivity contribution in [3.63, 3.8) is 0 Å². The fourth-order valence-electron chi connectivity index (χ4n) is 3.07. The van der Waals surface area contributed by atoms with Gasteiger partial charge in [0.2, 0.25) is 0 Å². The van der Waals surface area contributed by atoms with Gasteiger partial charge in [-0.3, -0.25) is 0 Å². The van der Waals surface area contributed by atoms with E-state index in [9.17, 15) is 0 Å². The lowest BCUT2D eigenvalue weighted by molar-refractivity contribution is -0.163. The summed E-state index contributed by atoms with van der Waals surface area (Å²) in [5.41, 5.74) is 2.61. The quantitative estimate of drug-likeness (QED) is 0.678. The molecule has 2 nitrogen and oxygen atoms in total. The molecule has 0 aliphatic carbocycles. The first kappa shape index (κ1) is 13.6. The van der Waals surface area contributed by atoms with Gasteiger partial charge in [-0.1, -0.05) is 13.8 Å². The zero-order valence-electron chi connectivity index (χ0n) is 12.4. The third-order valence-electron chi connectivity index (χ3n) is 5.59. The maximum Gasteiger partial charge on any atom is 0.0963 e. The molecule has 0 saturated heterocycles. The summed E-state index contributed by atoms with van der Waals surface area (Å²) < 4.78 is 5.92. The minimum atomic E-state index is -0.196. The second-order valence-corrected chi connectivity index (χ2v) is 6.19. The van der Waals surface area contributed by atoms with Crippen LogP contribution in [-0.2, 0) is 4.74 Å². The van der Waals surface area contributed by atoms with Crippen molar-refractivity contribution >= 4 is 0 Å². The summed E-state index contributed by atoms with van der Waals surface area (Å²) >= 11 is 0. The minimum Gasteiger partial charge on any atom is -0.375 e. The van der Waals surface area contributed by atoms with Crippen molar-refractivity contribution in [1.29, 1.82) is 0 Å². The summed E-state index contributed by atoms with van der Waals surface area (Å²) in [6.07, 6.45) is 0. The van der Waals surface area contributed by atoms with Crippen LogP contribution in [0.25, 0.3) is 0 Å². The highest BCUT2D eigenvalue weighted by Crippen LogP contribution is 2.53. The highest BCUT2D eigenvalue weighted by atomic mass is 16.5. The number of nitrogens with zero attached hydrogens (tertiary/aromatic N) is 1. The summed E-state index contributed by atoms with van der Waals surface area (Å²) in [6, 6.07) is 0. The van der Waals surface area contributed by atoms with E-state index in [0.717, 1.165) is 0 Å². The van der Waals surface area contributed by atoms with Crippen LogP contribution in [0, 0.1) is 5.41 Å². The van der Waals surface area contributed by atoms with Crippen LogP contribution in [0.4, 0.5) is 0 Å². The Morgan fingerprint density at radius 1 is 1.00 bits per heavy atom. The van der Waals surface area contributed by atoms with Gasteiger partial charge in [-0.15, -0.1) is 0 Å². The maximum absolute atomic E-state index is 5.92. The van der Waals surface area contributed by atoms with Crippen molar-refractivity contribution in [3.05, 3.63) is 11.3 Å². The molecule has 2 heteroatoms. The smallest absolute Gasteiger partial charge is 0.0963 e. The SMILES string of the molecule is COC1(C)C(C)(C)C(C)=C(C)N(C)C1(C)C. The Kier molecular flexibility index (Phi) is 2.96. The molecule has 1 rings (SSSR count). The summed E-state index contributed by atoms with van der Waals surface area (Å²) in [5, 5.41) is 0. The third kappa shape index (κ3) is 1.29. The highest BCUT2D eigenvalue weighted by molar-refractivity contribution is 5.31. The van der Waals surface area contributed by atoms with E-state index < -0.39 is 0 Å². The normalized spacial score (nSPS) is 33.2. The molecule has 1 unspecified atom stereocenters. The van der Waals surface area contributed by atoms with Crippen LogP contribution in [0.3, 0.4) is 0 Å². The van der Waals surface area contributed by atoms with Crippen LogP contribution in [0.5, 0.6) is 0 Å². The molecule has 1 atom stereocenters. The van der Waals surface area contributed by atoms with E-state index in [1.165, 1.54) is 11.3 Å². The van der Waals surface area contributed by atoms with E-state index in [4.69, 9.17) is 4.74 Å². The highest BCUT2D eigenvalue weighted by Gasteiger charge is 2.58. The molecule has 1 heterocycles. The standard InChI is InChI=1S/C14H27NO/c1-10-11(2)15(8)13(5,6)14(7,16-9)12(10,3)4/h1-9H3. The van der Waals surface area contributed by atoms with Gasteiger partial charge in [0.25, 0.3) is 0 Å². The van der Waals surface area contributed by atoms with Crippen molar-refractivity contribution in [3.8, 4) is 0 Å². The van der Waals surface area contributed by atoms with E-state index in [-0.39, 0.29) is 16.6 Å². The molecule has 0 saturated carbocycles. The molecule has 94 valence electrons. The van der Waals surface area contributed by atoms with E-state index in [2.05, 4.69) is 60.4 Å². The zero-order chi connectivity index (χ0) is 12.9. The van der Waals surface area contributed by atoms with Crippen LogP contribution < -0.4 is 0 Å². The molecule has 0 amide bonds. The summed E-state index contributed by atoms with van der Waals surface area (Å²) in [5.74, 6) is 0. The molecule has 0 aromatic heterocycles. The van der Waals surface area contributed by atoms with Gasteiger partial charge in [0.1, 0.15) is 0 Å². The second kappa shape index (κ2) is 3.49. The summed E-state index contributed by atoms with van der Waals surface area (Å²) in [7, 11) is 3.98. The number of hydrogen-bond donors (Lipinski definition) is 0. The lowest BCUT2D eigenvalue weighted by Crippen LogP contribution is -2.68. The number of likely N-dealkylation sites (N-methyl/N-ethyl adjacent to an activating group) is 1. The Bertz CT molecular complexity index is 328. The molecule has 0 fully saturated rings. The Morgan fingerprint density at radius 2 is 1.44 bits per heavy atom. The molecular weight excluding hydrogens is 198 g/mol. The van der Waals surface area contributed by atoms with E-state index in [0.29, 0.717) is 0 Å². The molecule has 0 aromatic rings. The van der Waals surface area contributed by atoms with E-state index >= 15 is 0 Å². The van der Waals surface area contributed by atoms with Crippen LogP contribution in [-0.4, -0.2) is 30.2 Å². The van der Waals surface area contributed by atoms with E-state index in [1.807, 2.05) is 7.11 Å². The Labute approximate surface area is 101 Å². The molecule has 0 spiro atoms. The number of methoxy groups -OCH3 is 1. The van der Waals surface area contributed by atoms with Crippen LogP contribution >= 0.6 is 0 Å². The summed E-state index contributed by atoms with van der Waals surface area (Å²) in [6.45, 7) is 15.7. The molecule has 0 N–H and O–H groups in total. The monoisotopic (exact) mass is 225 g/mol. The van der Waals surface area contributed by atoms with Gasteiger partial charge < -0.3 is 9.64 Å². The van der Waals surface area contributed by atoms with Gasteiger partial charge in [0, 0.05) is 25.3 Å². The largest absolute Gasteiger partial charge is 0.375 e. The van der Waals surface area contributed by atoms with Crippen LogP contribution in [0.2, 0.25) is 0 Å². The Balaban J connectivity index is 3.52. The van der Waals surface area contributed by atoms with Crippen molar-refractivity contribution in [1.82, 2.24) is 4.90 Å². The molecule has 0 radical (unpaired) electrons. The van der Waals surface area contributed by atoms with Gasteiger partial charge in [-0.05, 0) is 40.2 Å². The van der Waals surface area contributed by atoms with Gasteiger partial charge >= 0.3 is 0 Å². The first-order valence-electron chi connectivity index (χ1n) is 6.01. The third-order valence-corrected chi connectivity index (χ3v) is 5.59. The lowest BCUT2D eigenvalue weighted by Gasteiger charge is -2.61.